The van der Waals surface area contributed by atoms with E-state index in [1.807, 2.05) is 0 Å². The first-order valence-electron chi connectivity index (χ1n) is 5.09. The maximum Gasteiger partial charge on any atom is 0.132 e. The second kappa shape index (κ2) is 6.22. The Morgan fingerprint density at radius 3 is 2.62 bits per heavy atom. The average molecular weight is 182 g/mol. The Morgan fingerprint density at radius 2 is 2.15 bits per heavy atom. The van der Waals surface area contributed by atoms with E-state index in [0.29, 0.717) is 0 Å². The van der Waals surface area contributed by atoms with Crippen LogP contribution in [0, 0.1) is 0 Å². The molecule has 0 rings (SSSR count). The normalized spacial score (nSPS) is 16.7. The quantitative estimate of drug-likeness (QED) is 0.474. The van der Waals surface area contributed by atoms with Gasteiger partial charge in [-0.25, -0.2) is 0 Å². The van der Waals surface area contributed by atoms with Crippen LogP contribution >= 0.6 is 0 Å². The van der Waals surface area contributed by atoms with Gasteiger partial charge in [0.15, 0.2) is 0 Å². The maximum absolute atomic E-state index is 3.50. The summed E-state index contributed by atoms with van der Waals surface area (Å²) in [4.78, 5) is 2.30. The third kappa shape index (κ3) is 6.85. The lowest BCUT2D eigenvalue weighted by Crippen LogP contribution is -2.44. The first kappa shape index (κ1) is 12.7. The molecule has 0 saturated carbocycles. The zero-order valence-electron chi connectivity index (χ0n) is 9.72. The Bertz CT molecular complexity index is 155. The summed E-state index contributed by atoms with van der Waals surface area (Å²) in [5.74, 6) is 0. The molecule has 0 radical (unpaired) electrons. The number of rotatable bonds is 6. The molecule has 0 aromatic carbocycles. The van der Waals surface area contributed by atoms with Crippen molar-refractivity contribution in [2.45, 2.75) is 26.2 Å². The second-order valence-electron chi connectivity index (χ2n) is 4.04. The van der Waals surface area contributed by atoms with E-state index in [1.165, 1.54) is 0 Å². The second-order valence-corrected chi connectivity index (χ2v) is 4.04. The van der Waals surface area contributed by atoms with Gasteiger partial charge in [0.25, 0.3) is 0 Å². The number of hydrogen-bond acceptors (Lipinski definition) is 2. The highest BCUT2D eigenvalue weighted by Gasteiger charge is 2.11. The molecule has 0 amide bonds. The molecule has 0 aromatic heterocycles. The molecule has 1 N–H and O–H groups in total. The minimum absolute atomic E-state index is 0.128. The van der Waals surface area contributed by atoms with Crippen LogP contribution in [0.2, 0.25) is 0 Å². The Kier molecular flexibility index (Phi) is 6.09. The zero-order valence-corrected chi connectivity index (χ0v) is 9.72. The summed E-state index contributed by atoms with van der Waals surface area (Å²) < 4.78 is 0. The van der Waals surface area contributed by atoms with Gasteiger partial charge in [-0.05, 0) is 20.5 Å². The molecule has 2 nitrogen and oxygen atoms in total. The van der Waals surface area contributed by atoms with Gasteiger partial charge in [-0.1, -0.05) is 26.0 Å². The molecule has 0 fully saturated rings. The Balaban J connectivity index is 3.63. The molecule has 0 spiro atoms. The molecule has 0 aromatic rings. The standard InChI is InChI=1S/C10H23BN2/c1-5-7-10(3,11)12-8-9-13(4)6-2/h5,7,12H,6,8-9,11H2,1-4H3. The molecular formula is C10H23BN2. The number of likely N-dealkylation sites (N-methyl/N-ethyl adjacent to an activating group) is 1. The fraction of sp³-hybridized carbons (Fsp3) is 0.800. The van der Waals surface area contributed by atoms with Gasteiger partial charge in [-0.15, -0.1) is 0 Å². The summed E-state index contributed by atoms with van der Waals surface area (Å²) in [5, 5.41) is 3.50. The van der Waals surface area contributed by atoms with Gasteiger partial charge < -0.3 is 10.2 Å². The van der Waals surface area contributed by atoms with Crippen molar-refractivity contribution in [3.63, 3.8) is 0 Å². The third-order valence-electron chi connectivity index (χ3n) is 2.20. The topological polar surface area (TPSA) is 15.3 Å². The highest BCUT2D eigenvalue weighted by molar-refractivity contribution is 6.16. The van der Waals surface area contributed by atoms with Gasteiger partial charge in [-0.3, -0.25) is 0 Å². The molecule has 0 heterocycles. The van der Waals surface area contributed by atoms with Gasteiger partial charge in [0.1, 0.15) is 7.85 Å². The van der Waals surface area contributed by atoms with E-state index >= 15 is 0 Å². The largest absolute Gasteiger partial charge is 0.314 e. The maximum atomic E-state index is 3.50. The number of nitrogens with one attached hydrogen (secondary N) is 1. The minimum atomic E-state index is 0.128. The molecule has 3 heteroatoms. The molecule has 0 aliphatic rings. The van der Waals surface area contributed by atoms with Crippen molar-refractivity contribution in [2.24, 2.45) is 0 Å². The average Bonchev–Trinajstić information content (AvgIpc) is 2.03. The molecule has 76 valence electrons. The first-order chi connectivity index (χ1) is 6.02. The van der Waals surface area contributed by atoms with Crippen LogP contribution in [0.15, 0.2) is 12.2 Å². The van der Waals surface area contributed by atoms with E-state index in [4.69, 9.17) is 0 Å². The van der Waals surface area contributed by atoms with Crippen molar-refractivity contribution in [1.82, 2.24) is 10.2 Å². The molecule has 13 heavy (non-hydrogen) atoms. The zero-order chi connectivity index (χ0) is 10.3. The van der Waals surface area contributed by atoms with Crippen LogP contribution in [-0.2, 0) is 0 Å². The lowest BCUT2D eigenvalue weighted by atomic mass is 9.79. The van der Waals surface area contributed by atoms with Crippen LogP contribution < -0.4 is 5.32 Å². The number of allylic oxidation sites excluding steroid dienone is 1. The van der Waals surface area contributed by atoms with E-state index in [0.717, 1.165) is 19.6 Å². The lowest BCUT2D eigenvalue weighted by molar-refractivity contribution is 0.342. The minimum Gasteiger partial charge on any atom is -0.314 e. The van der Waals surface area contributed by atoms with Crippen LogP contribution in [0.25, 0.3) is 0 Å². The molecule has 0 saturated heterocycles. The number of hydrogen-bond donors (Lipinski definition) is 1. The van der Waals surface area contributed by atoms with Crippen LogP contribution in [0.4, 0.5) is 0 Å². The summed E-state index contributed by atoms with van der Waals surface area (Å²) in [6, 6.07) is 0. The SMILES string of the molecule is BC(C)(C=CC)NCCN(C)CC. The third-order valence-corrected chi connectivity index (χ3v) is 2.20. The van der Waals surface area contributed by atoms with Crippen LogP contribution in [0.3, 0.4) is 0 Å². The molecular weight excluding hydrogens is 159 g/mol. The van der Waals surface area contributed by atoms with Gasteiger partial charge in [0.05, 0.1) is 0 Å². The summed E-state index contributed by atoms with van der Waals surface area (Å²) in [5.41, 5.74) is 0.128. The fourth-order valence-corrected chi connectivity index (χ4v) is 1.20. The predicted octanol–water partition coefficient (Wildman–Crippen LogP) is 0.453. The van der Waals surface area contributed by atoms with Crippen molar-refractivity contribution < 1.29 is 0 Å². The van der Waals surface area contributed by atoms with Crippen molar-refractivity contribution in [3.05, 3.63) is 12.2 Å². The molecule has 1 unspecified atom stereocenters. The van der Waals surface area contributed by atoms with Crippen molar-refractivity contribution in [3.8, 4) is 0 Å². The summed E-state index contributed by atoms with van der Waals surface area (Å²) in [6.07, 6.45) is 4.29. The van der Waals surface area contributed by atoms with Crippen molar-refractivity contribution >= 4 is 7.85 Å². The Labute approximate surface area is 83.8 Å². The van der Waals surface area contributed by atoms with Gasteiger partial charge in [-0.2, -0.15) is 0 Å². The monoisotopic (exact) mass is 182 g/mol. The predicted molar refractivity (Wildman–Crippen MR) is 62.9 cm³/mol. The van der Waals surface area contributed by atoms with E-state index in [1.54, 1.807) is 0 Å². The van der Waals surface area contributed by atoms with Gasteiger partial charge >= 0.3 is 0 Å². The highest BCUT2D eigenvalue weighted by Crippen LogP contribution is 1.98. The highest BCUT2D eigenvalue weighted by atomic mass is 15.1. The van der Waals surface area contributed by atoms with E-state index in [9.17, 15) is 0 Å². The van der Waals surface area contributed by atoms with Crippen molar-refractivity contribution in [2.75, 3.05) is 26.7 Å². The molecule has 0 aliphatic heterocycles. The molecule has 0 aliphatic carbocycles. The van der Waals surface area contributed by atoms with E-state index in [-0.39, 0.29) is 5.44 Å². The first-order valence-corrected chi connectivity index (χ1v) is 5.09. The van der Waals surface area contributed by atoms with Crippen molar-refractivity contribution in [1.29, 1.82) is 0 Å². The van der Waals surface area contributed by atoms with Gasteiger partial charge in [0, 0.05) is 18.5 Å². The molecule has 1 atom stereocenters. The van der Waals surface area contributed by atoms with E-state index < -0.39 is 0 Å². The summed E-state index contributed by atoms with van der Waals surface area (Å²) in [7, 11) is 4.34. The Morgan fingerprint density at radius 1 is 1.54 bits per heavy atom. The molecule has 0 bridgehead atoms. The summed E-state index contributed by atoms with van der Waals surface area (Å²) >= 11 is 0. The van der Waals surface area contributed by atoms with Gasteiger partial charge in [0.2, 0.25) is 0 Å². The number of nitrogens with zero attached hydrogens (tertiary/aromatic N) is 1. The Hall–Kier alpha value is -0.275. The lowest BCUT2D eigenvalue weighted by Gasteiger charge is -2.24. The summed E-state index contributed by atoms with van der Waals surface area (Å²) in [6.45, 7) is 9.70. The smallest absolute Gasteiger partial charge is 0.132 e. The van der Waals surface area contributed by atoms with E-state index in [2.05, 4.69) is 58.0 Å². The van der Waals surface area contributed by atoms with Crippen LogP contribution in [0.5, 0.6) is 0 Å². The van der Waals surface area contributed by atoms with Crippen LogP contribution in [0.1, 0.15) is 20.8 Å². The fourth-order valence-electron chi connectivity index (χ4n) is 1.20. The van der Waals surface area contributed by atoms with Crippen LogP contribution in [-0.4, -0.2) is 44.9 Å².